The van der Waals surface area contributed by atoms with Gasteiger partial charge in [0.15, 0.2) is 0 Å². The number of nitrogens with zero attached hydrogens (tertiary/aromatic N) is 1. The minimum atomic E-state index is -3.58. The summed E-state index contributed by atoms with van der Waals surface area (Å²) in [7, 11) is -3.58. The molecule has 0 bridgehead atoms. The van der Waals surface area contributed by atoms with Gasteiger partial charge in [-0.05, 0) is 37.8 Å². The van der Waals surface area contributed by atoms with E-state index in [-0.39, 0.29) is 35.6 Å². The van der Waals surface area contributed by atoms with Crippen molar-refractivity contribution in [2.24, 2.45) is 16.6 Å². The number of benzene rings is 1. The monoisotopic (exact) mass is 372 g/mol. The summed E-state index contributed by atoms with van der Waals surface area (Å²) >= 11 is 0. The van der Waals surface area contributed by atoms with E-state index in [0.29, 0.717) is 18.0 Å². The van der Waals surface area contributed by atoms with E-state index in [9.17, 15) is 13.2 Å². The molecule has 1 aliphatic heterocycles. The van der Waals surface area contributed by atoms with Crippen LogP contribution in [-0.4, -0.2) is 38.8 Å². The fourth-order valence-corrected chi connectivity index (χ4v) is 4.05. The Morgan fingerprint density at radius 2 is 2.08 bits per heavy atom. The number of carbonyl (C=O) groups excluding carboxylic acids is 1. The Balaban J connectivity index is 0.00000208. The highest BCUT2D eigenvalue weighted by molar-refractivity contribution is 7.90. The normalized spacial score (nSPS) is 22.0. The summed E-state index contributed by atoms with van der Waals surface area (Å²) in [5, 5.41) is 2.93. The molecular weight excluding hydrogens is 352 g/mol. The zero-order chi connectivity index (χ0) is 16.7. The summed E-state index contributed by atoms with van der Waals surface area (Å²) in [6.45, 7) is 2.16. The van der Waals surface area contributed by atoms with Gasteiger partial charge in [-0.15, -0.1) is 12.4 Å². The Hall–Kier alpha value is -1.64. The van der Waals surface area contributed by atoms with Crippen molar-refractivity contribution in [1.82, 2.24) is 10.0 Å². The molecule has 1 heterocycles. The van der Waals surface area contributed by atoms with Gasteiger partial charge in [0, 0.05) is 12.1 Å². The molecule has 3 rings (SSSR count). The Bertz CT molecular complexity index is 777. The molecule has 1 amide bonds. The zero-order valence-electron chi connectivity index (χ0n) is 13.3. The van der Waals surface area contributed by atoms with Gasteiger partial charge in [-0.3, -0.25) is 14.5 Å². The number of carbonyl (C=O) groups is 1. The smallest absolute Gasteiger partial charge is 0.263 e. The molecule has 1 atom stereocenters. The molecule has 9 heteroatoms. The molecule has 7 nitrogen and oxygen atoms in total. The second kappa shape index (κ2) is 6.70. The maximum absolute atomic E-state index is 12.1. The maximum atomic E-state index is 12.1. The second-order valence-electron chi connectivity index (χ2n) is 6.21. The largest absolute Gasteiger partial charge is 0.348 e. The molecule has 1 aromatic carbocycles. The van der Waals surface area contributed by atoms with Crippen LogP contribution in [0.5, 0.6) is 0 Å². The van der Waals surface area contributed by atoms with Crippen LogP contribution in [-0.2, 0) is 14.8 Å². The average Bonchev–Trinajstić information content (AvgIpc) is 3.33. The van der Waals surface area contributed by atoms with Crippen LogP contribution < -0.4 is 15.8 Å². The lowest BCUT2D eigenvalue weighted by Gasteiger charge is -2.29. The first kappa shape index (κ1) is 18.7. The zero-order valence-corrected chi connectivity index (χ0v) is 14.9. The van der Waals surface area contributed by atoms with Gasteiger partial charge >= 0.3 is 0 Å². The third-order valence-electron chi connectivity index (χ3n) is 4.37. The highest BCUT2D eigenvalue weighted by atomic mass is 35.5. The minimum absolute atomic E-state index is 0. The van der Waals surface area contributed by atoms with Crippen molar-refractivity contribution < 1.29 is 13.2 Å². The van der Waals surface area contributed by atoms with E-state index in [0.717, 1.165) is 12.8 Å². The van der Waals surface area contributed by atoms with Crippen molar-refractivity contribution in [3.05, 3.63) is 29.8 Å². The first-order chi connectivity index (χ1) is 10.9. The number of halogens is 1. The number of amidine groups is 1. The van der Waals surface area contributed by atoms with E-state index in [1.54, 1.807) is 18.2 Å². The third-order valence-corrected chi connectivity index (χ3v) is 5.77. The summed E-state index contributed by atoms with van der Waals surface area (Å²) < 4.78 is 26.3. The van der Waals surface area contributed by atoms with Crippen LogP contribution in [0.15, 0.2) is 34.2 Å². The molecule has 0 spiro atoms. The molecule has 0 saturated heterocycles. The summed E-state index contributed by atoms with van der Waals surface area (Å²) in [5.74, 6) is 0.354. The molecular formula is C15H21ClN4O3S. The van der Waals surface area contributed by atoms with Crippen LogP contribution in [0.25, 0.3) is 0 Å². The van der Waals surface area contributed by atoms with Gasteiger partial charge in [-0.2, -0.15) is 0 Å². The summed E-state index contributed by atoms with van der Waals surface area (Å²) in [5.41, 5.74) is 5.85. The molecule has 1 unspecified atom stereocenters. The minimum Gasteiger partial charge on any atom is -0.348 e. The molecule has 1 saturated carbocycles. The number of nitrogens with two attached hydrogens (primary N) is 1. The Labute approximate surface area is 147 Å². The number of nitrogens with one attached hydrogen (secondary N) is 2. The number of fused-ring (bicyclic) bond motifs is 1. The van der Waals surface area contributed by atoms with Crippen LogP contribution in [0.4, 0.5) is 0 Å². The molecule has 2 aliphatic rings. The average molecular weight is 373 g/mol. The van der Waals surface area contributed by atoms with Crippen molar-refractivity contribution in [3.63, 3.8) is 0 Å². The van der Waals surface area contributed by atoms with Gasteiger partial charge in [0.05, 0.1) is 10.4 Å². The van der Waals surface area contributed by atoms with Crippen LogP contribution in [0.2, 0.25) is 0 Å². The maximum Gasteiger partial charge on any atom is 0.263 e. The molecule has 1 aliphatic carbocycles. The van der Waals surface area contributed by atoms with E-state index in [1.165, 1.54) is 6.07 Å². The standard InChI is InChI=1S/C15H20N4O3S.ClH/c1-15(9-16,10-6-7-10)18-13(20)8-17-14-11-4-2-3-5-12(11)23(21,22)19-14;/h2-5,10H,6-9,16H2,1H3,(H,17,19)(H,18,20);1H. The van der Waals surface area contributed by atoms with Crippen molar-refractivity contribution >= 4 is 34.2 Å². The van der Waals surface area contributed by atoms with E-state index in [2.05, 4.69) is 15.0 Å². The van der Waals surface area contributed by atoms with Gasteiger partial charge in [0.1, 0.15) is 12.4 Å². The van der Waals surface area contributed by atoms with E-state index < -0.39 is 15.6 Å². The Morgan fingerprint density at radius 3 is 2.71 bits per heavy atom. The van der Waals surface area contributed by atoms with E-state index in [4.69, 9.17) is 5.73 Å². The number of aliphatic imine (C=N–C) groups is 1. The lowest BCUT2D eigenvalue weighted by atomic mass is 9.96. The summed E-state index contributed by atoms with van der Waals surface area (Å²) in [4.78, 5) is 16.4. The van der Waals surface area contributed by atoms with Gasteiger partial charge in [-0.1, -0.05) is 12.1 Å². The van der Waals surface area contributed by atoms with Gasteiger partial charge in [0.2, 0.25) is 5.91 Å². The molecule has 132 valence electrons. The highest BCUT2D eigenvalue weighted by Gasteiger charge is 2.41. The highest BCUT2D eigenvalue weighted by Crippen LogP contribution is 2.38. The first-order valence-corrected chi connectivity index (χ1v) is 9.02. The molecule has 1 aromatic rings. The number of hydrogen-bond donors (Lipinski definition) is 3. The molecule has 24 heavy (non-hydrogen) atoms. The molecule has 4 N–H and O–H groups in total. The third kappa shape index (κ3) is 3.55. The van der Waals surface area contributed by atoms with Crippen LogP contribution in [0, 0.1) is 5.92 Å². The van der Waals surface area contributed by atoms with Gasteiger partial charge in [0.25, 0.3) is 10.0 Å². The molecule has 1 fully saturated rings. The van der Waals surface area contributed by atoms with Gasteiger partial charge < -0.3 is 11.1 Å². The van der Waals surface area contributed by atoms with Gasteiger partial charge in [-0.25, -0.2) is 8.42 Å². The SMILES string of the molecule is CC(CN)(NC(=O)CN=C1NS(=O)(=O)c2ccccc21)C1CC1.Cl. The molecule has 0 radical (unpaired) electrons. The Kier molecular flexibility index (Phi) is 5.22. The van der Waals surface area contributed by atoms with E-state index >= 15 is 0 Å². The number of rotatable bonds is 5. The summed E-state index contributed by atoms with van der Waals surface area (Å²) in [6, 6.07) is 6.56. The van der Waals surface area contributed by atoms with Crippen molar-refractivity contribution in [2.75, 3.05) is 13.1 Å². The fraction of sp³-hybridized carbons (Fsp3) is 0.467. The predicted octanol–water partition coefficient (Wildman–Crippen LogP) is 0.391. The number of amides is 1. The van der Waals surface area contributed by atoms with Crippen molar-refractivity contribution in [1.29, 1.82) is 0 Å². The topological polar surface area (TPSA) is 114 Å². The van der Waals surface area contributed by atoms with Crippen molar-refractivity contribution in [3.8, 4) is 0 Å². The van der Waals surface area contributed by atoms with E-state index in [1.807, 2.05) is 6.92 Å². The number of sulfonamides is 1. The lowest BCUT2D eigenvalue weighted by Crippen LogP contribution is -2.53. The molecule has 0 aromatic heterocycles. The fourth-order valence-electron chi connectivity index (χ4n) is 2.80. The first-order valence-electron chi connectivity index (χ1n) is 7.53. The number of hydrogen-bond acceptors (Lipinski definition) is 5. The summed E-state index contributed by atoms with van der Waals surface area (Å²) in [6.07, 6.45) is 2.13. The Morgan fingerprint density at radius 1 is 1.42 bits per heavy atom. The van der Waals surface area contributed by atoms with Crippen LogP contribution in [0.3, 0.4) is 0 Å². The van der Waals surface area contributed by atoms with Crippen LogP contribution in [0.1, 0.15) is 25.3 Å². The predicted molar refractivity (Wildman–Crippen MR) is 93.7 cm³/mol. The second-order valence-corrected chi connectivity index (χ2v) is 7.86. The van der Waals surface area contributed by atoms with Crippen molar-refractivity contribution in [2.45, 2.75) is 30.2 Å². The van der Waals surface area contributed by atoms with Crippen LogP contribution >= 0.6 is 12.4 Å². The quantitative estimate of drug-likeness (QED) is 0.693. The lowest BCUT2D eigenvalue weighted by molar-refractivity contribution is -0.121.